The van der Waals surface area contributed by atoms with Crippen LogP contribution >= 0.6 is 0 Å². The Labute approximate surface area is 62.5 Å². The average Bonchev–Trinajstić information content (AvgIpc) is 1.89. The average molecular weight is 146 g/mol. The summed E-state index contributed by atoms with van der Waals surface area (Å²) >= 11 is 0. The van der Waals surface area contributed by atoms with Crippen molar-refractivity contribution in [3.05, 3.63) is 0 Å². The quantitative estimate of drug-likeness (QED) is 0.266. The zero-order valence-corrected chi connectivity index (χ0v) is 6.64. The molecule has 0 saturated heterocycles. The summed E-state index contributed by atoms with van der Waals surface area (Å²) in [5.74, 6) is 10.7. The van der Waals surface area contributed by atoms with Gasteiger partial charge in [0.05, 0.1) is 0 Å². The van der Waals surface area contributed by atoms with Gasteiger partial charge in [0.25, 0.3) is 0 Å². The van der Waals surface area contributed by atoms with Crippen LogP contribution in [-0.4, -0.2) is 24.6 Å². The van der Waals surface area contributed by atoms with E-state index in [2.05, 4.69) is 12.3 Å². The Morgan fingerprint density at radius 2 is 2.10 bits per heavy atom. The summed E-state index contributed by atoms with van der Waals surface area (Å²) in [4.78, 5) is 0. The van der Waals surface area contributed by atoms with Crippen molar-refractivity contribution in [2.75, 3.05) is 19.6 Å². The van der Waals surface area contributed by atoms with E-state index in [4.69, 9.17) is 11.7 Å². The van der Waals surface area contributed by atoms with Crippen molar-refractivity contribution in [3.8, 4) is 0 Å². The first-order chi connectivity index (χ1) is 4.81. The molecule has 0 unspecified atom stereocenters. The van der Waals surface area contributed by atoms with Crippen molar-refractivity contribution >= 4 is 0 Å². The molecular formula is C6H18N4. The van der Waals surface area contributed by atoms with Gasteiger partial charge in [0.15, 0.2) is 0 Å². The predicted molar refractivity (Wildman–Crippen MR) is 42.9 cm³/mol. The highest BCUT2D eigenvalue weighted by atomic mass is 15.4. The molecule has 0 radical (unpaired) electrons. The molecule has 62 valence electrons. The summed E-state index contributed by atoms with van der Waals surface area (Å²) < 4.78 is 0. The molecule has 0 amide bonds. The molecule has 0 rings (SSSR count). The Morgan fingerprint density at radius 3 is 2.60 bits per heavy atom. The van der Waals surface area contributed by atoms with Crippen LogP contribution in [0.4, 0.5) is 0 Å². The lowest BCUT2D eigenvalue weighted by Crippen LogP contribution is -2.35. The van der Waals surface area contributed by atoms with Crippen molar-refractivity contribution in [1.82, 2.24) is 10.4 Å². The number of rotatable bonds is 6. The predicted octanol–water partition coefficient (Wildman–Crippen LogP) is -0.574. The van der Waals surface area contributed by atoms with Crippen molar-refractivity contribution in [1.29, 1.82) is 0 Å². The van der Waals surface area contributed by atoms with Gasteiger partial charge in [0.2, 0.25) is 0 Å². The van der Waals surface area contributed by atoms with Crippen LogP contribution in [0, 0.1) is 0 Å². The number of nitrogens with zero attached hydrogens (tertiary/aromatic N) is 1. The standard InChI is InChI=1S/C6H18N4/c1-2-5-10(8)6-3-4-9-7/h9H,2-8H2,1H3. The van der Waals surface area contributed by atoms with E-state index in [1.165, 1.54) is 0 Å². The van der Waals surface area contributed by atoms with Gasteiger partial charge in [0.1, 0.15) is 0 Å². The number of nitrogens with two attached hydrogens (primary N) is 2. The van der Waals surface area contributed by atoms with Gasteiger partial charge in [-0.2, -0.15) is 0 Å². The molecule has 0 aliphatic carbocycles. The third kappa shape index (κ3) is 5.97. The van der Waals surface area contributed by atoms with Gasteiger partial charge in [-0.1, -0.05) is 6.92 Å². The molecule has 4 heteroatoms. The van der Waals surface area contributed by atoms with E-state index in [-0.39, 0.29) is 0 Å². The Kier molecular flexibility index (Phi) is 6.84. The summed E-state index contributed by atoms with van der Waals surface area (Å²) in [6, 6.07) is 0. The van der Waals surface area contributed by atoms with Crippen molar-refractivity contribution < 1.29 is 0 Å². The fraction of sp³-hybridized carbons (Fsp3) is 1.00. The number of hydrogen-bond donors (Lipinski definition) is 3. The lowest BCUT2D eigenvalue weighted by Gasteiger charge is -2.13. The summed E-state index contributed by atoms with van der Waals surface area (Å²) in [5, 5.41) is 1.82. The smallest absolute Gasteiger partial charge is 0.0141 e. The summed E-state index contributed by atoms with van der Waals surface area (Å²) in [6.07, 6.45) is 2.11. The van der Waals surface area contributed by atoms with Gasteiger partial charge >= 0.3 is 0 Å². The third-order valence-corrected chi connectivity index (χ3v) is 1.28. The zero-order chi connectivity index (χ0) is 7.82. The van der Waals surface area contributed by atoms with Crippen LogP contribution in [0.15, 0.2) is 0 Å². The molecule has 0 spiro atoms. The molecule has 0 aliphatic heterocycles. The Hall–Kier alpha value is -0.160. The highest BCUT2D eigenvalue weighted by Gasteiger charge is 1.94. The first-order valence-corrected chi connectivity index (χ1v) is 3.74. The normalized spacial score (nSPS) is 10.8. The molecule has 4 nitrogen and oxygen atoms in total. The maximum absolute atomic E-state index is 5.59. The molecule has 5 N–H and O–H groups in total. The van der Waals surface area contributed by atoms with E-state index in [0.29, 0.717) is 0 Å². The van der Waals surface area contributed by atoms with Gasteiger partial charge in [0, 0.05) is 19.6 Å². The van der Waals surface area contributed by atoms with Crippen LogP contribution in [0.5, 0.6) is 0 Å². The molecule has 0 aromatic rings. The lowest BCUT2D eigenvalue weighted by molar-refractivity contribution is 0.279. The molecule has 10 heavy (non-hydrogen) atoms. The van der Waals surface area contributed by atoms with Crippen LogP contribution in [0.25, 0.3) is 0 Å². The SMILES string of the molecule is CCCN(N)CCCNN. The molecule has 0 saturated carbocycles. The van der Waals surface area contributed by atoms with E-state index in [1.807, 2.05) is 5.01 Å². The third-order valence-electron chi connectivity index (χ3n) is 1.28. The van der Waals surface area contributed by atoms with Gasteiger partial charge < -0.3 is 0 Å². The molecule has 0 aromatic carbocycles. The summed E-state index contributed by atoms with van der Waals surface area (Å²) in [7, 11) is 0. The van der Waals surface area contributed by atoms with E-state index in [0.717, 1.165) is 32.5 Å². The minimum atomic E-state index is 0.831. The molecule has 0 fully saturated rings. The largest absolute Gasteiger partial charge is 0.271 e. The van der Waals surface area contributed by atoms with Crippen LogP contribution in [-0.2, 0) is 0 Å². The highest BCUT2D eigenvalue weighted by molar-refractivity contribution is 4.48. The lowest BCUT2D eigenvalue weighted by atomic mass is 10.4. The van der Waals surface area contributed by atoms with Gasteiger partial charge in [-0.25, -0.2) is 5.01 Å². The van der Waals surface area contributed by atoms with Crippen molar-refractivity contribution in [3.63, 3.8) is 0 Å². The van der Waals surface area contributed by atoms with Crippen molar-refractivity contribution in [2.45, 2.75) is 19.8 Å². The topological polar surface area (TPSA) is 67.3 Å². The number of hydrogen-bond acceptors (Lipinski definition) is 4. The first-order valence-electron chi connectivity index (χ1n) is 3.74. The van der Waals surface area contributed by atoms with E-state index < -0.39 is 0 Å². The fourth-order valence-corrected chi connectivity index (χ4v) is 0.783. The minimum Gasteiger partial charge on any atom is -0.271 e. The Balaban J connectivity index is 2.97. The zero-order valence-electron chi connectivity index (χ0n) is 6.64. The Morgan fingerprint density at radius 1 is 1.40 bits per heavy atom. The maximum Gasteiger partial charge on any atom is 0.0141 e. The number of hydrazine groups is 2. The van der Waals surface area contributed by atoms with E-state index >= 15 is 0 Å². The molecule has 0 bridgehead atoms. The Bertz CT molecular complexity index is 66.8. The van der Waals surface area contributed by atoms with Gasteiger partial charge in [-0.15, -0.1) is 0 Å². The molecule has 0 heterocycles. The van der Waals surface area contributed by atoms with Crippen molar-refractivity contribution in [2.24, 2.45) is 11.7 Å². The van der Waals surface area contributed by atoms with Crippen LogP contribution in [0.3, 0.4) is 0 Å². The van der Waals surface area contributed by atoms with Crippen LogP contribution in [0.2, 0.25) is 0 Å². The second kappa shape index (κ2) is 6.95. The number of nitrogens with one attached hydrogen (secondary N) is 1. The minimum absolute atomic E-state index is 0.831. The van der Waals surface area contributed by atoms with Crippen LogP contribution in [0.1, 0.15) is 19.8 Å². The van der Waals surface area contributed by atoms with Gasteiger partial charge in [-0.05, 0) is 12.8 Å². The highest BCUT2D eigenvalue weighted by Crippen LogP contribution is 1.84. The molecule has 0 aromatic heterocycles. The fourth-order valence-electron chi connectivity index (χ4n) is 0.783. The maximum atomic E-state index is 5.59. The summed E-state index contributed by atoms with van der Waals surface area (Å²) in [5.41, 5.74) is 2.58. The molecule has 0 aliphatic rings. The molecule has 0 atom stereocenters. The van der Waals surface area contributed by atoms with Crippen LogP contribution < -0.4 is 17.1 Å². The molecular weight excluding hydrogens is 128 g/mol. The van der Waals surface area contributed by atoms with E-state index in [1.54, 1.807) is 0 Å². The second-order valence-corrected chi connectivity index (χ2v) is 2.34. The van der Waals surface area contributed by atoms with E-state index in [9.17, 15) is 0 Å². The monoisotopic (exact) mass is 146 g/mol. The summed E-state index contributed by atoms with van der Waals surface area (Å²) in [6.45, 7) is 4.82. The van der Waals surface area contributed by atoms with Gasteiger partial charge in [-0.3, -0.25) is 17.1 Å². The second-order valence-electron chi connectivity index (χ2n) is 2.34. The first kappa shape index (κ1) is 9.84.